The molecule has 0 amide bonds. The maximum atomic E-state index is 10.1. The fraction of sp³-hybridized carbons (Fsp3) is 0.750. The number of aryl methyl sites for hydroxylation is 2. The van der Waals surface area contributed by atoms with Crippen LogP contribution in [-0.2, 0) is 18.2 Å². The van der Waals surface area contributed by atoms with Gasteiger partial charge in [-0.2, -0.15) is 5.10 Å². The summed E-state index contributed by atoms with van der Waals surface area (Å²) in [6.07, 6.45) is 1.59. The van der Waals surface area contributed by atoms with Gasteiger partial charge >= 0.3 is 0 Å². The normalized spacial score (nSPS) is 14.9. The van der Waals surface area contributed by atoms with E-state index in [-0.39, 0.29) is 6.10 Å². The molecule has 0 aromatic carbocycles. The van der Waals surface area contributed by atoms with Gasteiger partial charge in [0.1, 0.15) is 0 Å². The van der Waals surface area contributed by atoms with Crippen LogP contribution in [0.2, 0.25) is 5.02 Å². The first kappa shape index (κ1) is 14.5. The van der Waals surface area contributed by atoms with Gasteiger partial charge in [0.25, 0.3) is 0 Å². The SMILES string of the molecule is CCCC(OC)C(O)Cc1c(Cl)c(C)nn1C. The van der Waals surface area contributed by atoms with Crippen LogP contribution in [0.3, 0.4) is 0 Å². The third-order valence-electron chi connectivity index (χ3n) is 2.97. The van der Waals surface area contributed by atoms with E-state index >= 15 is 0 Å². The second kappa shape index (κ2) is 6.38. The van der Waals surface area contributed by atoms with Crippen LogP contribution < -0.4 is 0 Å². The van der Waals surface area contributed by atoms with Crippen LogP contribution in [-0.4, -0.2) is 34.2 Å². The molecule has 1 aromatic heterocycles. The van der Waals surface area contributed by atoms with Gasteiger partial charge < -0.3 is 9.84 Å². The van der Waals surface area contributed by atoms with E-state index in [1.165, 1.54) is 0 Å². The average Bonchev–Trinajstić information content (AvgIpc) is 2.52. The maximum Gasteiger partial charge on any atom is 0.0857 e. The van der Waals surface area contributed by atoms with Crippen molar-refractivity contribution in [2.45, 2.75) is 45.3 Å². The maximum absolute atomic E-state index is 10.1. The van der Waals surface area contributed by atoms with Crippen molar-refractivity contribution in [1.29, 1.82) is 0 Å². The zero-order chi connectivity index (χ0) is 13.0. The van der Waals surface area contributed by atoms with E-state index in [1.54, 1.807) is 11.8 Å². The Morgan fingerprint density at radius 2 is 2.18 bits per heavy atom. The Labute approximate surface area is 108 Å². The van der Waals surface area contributed by atoms with Gasteiger partial charge in [0.15, 0.2) is 0 Å². The second-order valence-corrected chi connectivity index (χ2v) is 4.68. The largest absolute Gasteiger partial charge is 0.390 e. The predicted octanol–water partition coefficient (Wildman–Crippen LogP) is 2.10. The molecule has 1 heterocycles. The fourth-order valence-corrected chi connectivity index (χ4v) is 2.22. The molecule has 0 fully saturated rings. The molecular weight excluding hydrogens is 240 g/mol. The summed E-state index contributed by atoms with van der Waals surface area (Å²) in [5.74, 6) is 0. The topological polar surface area (TPSA) is 47.3 Å². The first-order valence-electron chi connectivity index (χ1n) is 5.90. The van der Waals surface area contributed by atoms with Crippen LogP contribution in [0.15, 0.2) is 0 Å². The van der Waals surface area contributed by atoms with Gasteiger partial charge in [-0.05, 0) is 13.3 Å². The number of rotatable bonds is 6. The van der Waals surface area contributed by atoms with Gasteiger partial charge in [0.05, 0.1) is 28.6 Å². The zero-order valence-electron chi connectivity index (χ0n) is 10.9. The monoisotopic (exact) mass is 260 g/mol. The van der Waals surface area contributed by atoms with Crippen LogP contribution in [0.5, 0.6) is 0 Å². The number of halogens is 1. The molecule has 0 saturated carbocycles. The summed E-state index contributed by atoms with van der Waals surface area (Å²) in [7, 11) is 3.46. The number of nitrogens with zero attached hydrogens (tertiary/aromatic N) is 2. The molecule has 0 aliphatic heterocycles. The summed E-state index contributed by atoms with van der Waals surface area (Å²) in [4.78, 5) is 0. The Balaban J connectivity index is 2.76. The Morgan fingerprint density at radius 3 is 2.59 bits per heavy atom. The lowest BCUT2D eigenvalue weighted by Gasteiger charge is -2.21. The van der Waals surface area contributed by atoms with Crippen molar-refractivity contribution in [3.63, 3.8) is 0 Å². The Morgan fingerprint density at radius 1 is 1.53 bits per heavy atom. The first-order chi connectivity index (χ1) is 8.01. The summed E-state index contributed by atoms with van der Waals surface area (Å²) in [6, 6.07) is 0. The van der Waals surface area contributed by atoms with Crippen LogP contribution in [0.1, 0.15) is 31.2 Å². The summed E-state index contributed by atoms with van der Waals surface area (Å²) in [5.41, 5.74) is 1.65. The molecule has 0 bridgehead atoms. The number of aromatic nitrogens is 2. The van der Waals surface area contributed by atoms with Crippen LogP contribution in [0.4, 0.5) is 0 Å². The van der Waals surface area contributed by atoms with Crippen molar-refractivity contribution in [3.8, 4) is 0 Å². The molecule has 98 valence electrons. The molecule has 0 saturated heterocycles. The summed E-state index contributed by atoms with van der Waals surface area (Å²) in [6.45, 7) is 3.93. The average molecular weight is 261 g/mol. The number of aliphatic hydroxyl groups is 1. The third kappa shape index (κ3) is 3.44. The minimum absolute atomic E-state index is 0.147. The Kier molecular flexibility index (Phi) is 5.43. The highest BCUT2D eigenvalue weighted by Gasteiger charge is 2.22. The van der Waals surface area contributed by atoms with Crippen molar-refractivity contribution in [3.05, 3.63) is 16.4 Å². The van der Waals surface area contributed by atoms with E-state index in [1.807, 2.05) is 14.0 Å². The minimum atomic E-state index is -0.549. The van der Waals surface area contributed by atoms with Gasteiger partial charge in [0.2, 0.25) is 0 Å². The number of hydrogen-bond donors (Lipinski definition) is 1. The highest BCUT2D eigenvalue weighted by atomic mass is 35.5. The first-order valence-corrected chi connectivity index (χ1v) is 6.27. The van der Waals surface area contributed by atoms with E-state index < -0.39 is 6.10 Å². The molecular formula is C12H21ClN2O2. The zero-order valence-corrected chi connectivity index (χ0v) is 11.7. The summed E-state index contributed by atoms with van der Waals surface area (Å²) < 4.78 is 7.01. The quantitative estimate of drug-likeness (QED) is 0.852. The van der Waals surface area contributed by atoms with Gasteiger partial charge in [0, 0.05) is 20.6 Å². The molecule has 1 rings (SSSR count). The van der Waals surface area contributed by atoms with Crippen LogP contribution in [0, 0.1) is 6.92 Å². The van der Waals surface area contributed by atoms with Crippen molar-refractivity contribution in [1.82, 2.24) is 9.78 Å². The summed E-state index contributed by atoms with van der Waals surface area (Å²) >= 11 is 6.15. The lowest BCUT2D eigenvalue weighted by atomic mass is 10.0. The highest BCUT2D eigenvalue weighted by molar-refractivity contribution is 6.31. The van der Waals surface area contributed by atoms with E-state index in [0.29, 0.717) is 11.4 Å². The number of ether oxygens (including phenoxy) is 1. The predicted molar refractivity (Wildman–Crippen MR) is 68.4 cm³/mol. The van der Waals surface area contributed by atoms with Crippen LogP contribution >= 0.6 is 11.6 Å². The molecule has 0 aliphatic carbocycles. The smallest absolute Gasteiger partial charge is 0.0857 e. The molecule has 2 atom stereocenters. The third-order valence-corrected chi connectivity index (χ3v) is 3.46. The van der Waals surface area contributed by atoms with Gasteiger partial charge in [-0.25, -0.2) is 0 Å². The summed E-state index contributed by atoms with van der Waals surface area (Å²) in [5, 5.41) is 15.0. The molecule has 0 aliphatic rings. The molecule has 5 heteroatoms. The Hall–Kier alpha value is -0.580. The van der Waals surface area contributed by atoms with E-state index in [9.17, 15) is 5.11 Å². The van der Waals surface area contributed by atoms with Crippen molar-refractivity contribution in [2.24, 2.45) is 7.05 Å². The molecule has 1 aromatic rings. The lowest BCUT2D eigenvalue weighted by Crippen LogP contribution is -2.30. The minimum Gasteiger partial charge on any atom is -0.390 e. The van der Waals surface area contributed by atoms with Gasteiger partial charge in [-0.3, -0.25) is 4.68 Å². The fourth-order valence-electron chi connectivity index (χ4n) is 1.98. The van der Waals surface area contributed by atoms with Crippen molar-refractivity contribution in [2.75, 3.05) is 7.11 Å². The molecule has 0 spiro atoms. The number of methoxy groups -OCH3 is 1. The van der Waals surface area contributed by atoms with Crippen molar-refractivity contribution >= 4 is 11.6 Å². The van der Waals surface area contributed by atoms with E-state index in [2.05, 4.69) is 12.0 Å². The molecule has 2 unspecified atom stereocenters. The van der Waals surface area contributed by atoms with E-state index in [0.717, 1.165) is 24.2 Å². The highest BCUT2D eigenvalue weighted by Crippen LogP contribution is 2.22. The van der Waals surface area contributed by atoms with Crippen molar-refractivity contribution < 1.29 is 9.84 Å². The van der Waals surface area contributed by atoms with Gasteiger partial charge in [-0.1, -0.05) is 24.9 Å². The number of aliphatic hydroxyl groups excluding tert-OH is 1. The van der Waals surface area contributed by atoms with Gasteiger partial charge in [-0.15, -0.1) is 0 Å². The standard InChI is InChI=1S/C12H21ClN2O2/c1-5-6-11(17-4)10(16)7-9-12(13)8(2)14-15(9)3/h10-11,16H,5-7H2,1-4H3. The molecule has 0 radical (unpaired) electrons. The molecule has 17 heavy (non-hydrogen) atoms. The number of hydrogen-bond acceptors (Lipinski definition) is 3. The lowest BCUT2D eigenvalue weighted by molar-refractivity contribution is -0.0166. The second-order valence-electron chi connectivity index (χ2n) is 4.30. The van der Waals surface area contributed by atoms with Crippen LogP contribution in [0.25, 0.3) is 0 Å². The van der Waals surface area contributed by atoms with E-state index in [4.69, 9.17) is 16.3 Å². The molecule has 4 nitrogen and oxygen atoms in total. The molecule has 1 N–H and O–H groups in total. The Bertz CT molecular complexity index is 366.